The van der Waals surface area contributed by atoms with Gasteiger partial charge in [-0.2, -0.15) is 0 Å². The number of carbonyl (C=O) groups excluding carboxylic acids is 1. The minimum Gasteiger partial charge on any atom is -0.338 e. The fourth-order valence-corrected chi connectivity index (χ4v) is 4.31. The Morgan fingerprint density at radius 2 is 2.04 bits per heavy atom. The van der Waals surface area contributed by atoms with Gasteiger partial charge in [0.1, 0.15) is 0 Å². The number of nitrogens with two attached hydrogens (primary N) is 1. The minimum atomic E-state index is 0. The Labute approximate surface area is 168 Å². The van der Waals surface area contributed by atoms with Crippen LogP contribution >= 0.6 is 46.9 Å². The van der Waals surface area contributed by atoms with Crippen molar-refractivity contribution in [3.8, 4) is 10.4 Å². The molecule has 2 aromatic rings. The van der Waals surface area contributed by atoms with Crippen LogP contribution in [0.25, 0.3) is 10.4 Å². The zero-order valence-corrected chi connectivity index (χ0v) is 17.0. The minimum absolute atomic E-state index is 0. The lowest BCUT2D eigenvalue weighted by Gasteiger charge is -2.34. The number of likely N-dealkylation sites (tertiary alicyclic amines) is 1. The summed E-state index contributed by atoms with van der Waals surface area (Å²) in [5.41, 5.74) is 6.99. The predicted molar refractivity (Wildman–Crippen MR) is 109 cm³/mol. The lowest BCUT2D eigenvalue weighted by molar-refractivity contribution is 0.0666. The highest BCUT2D eigenvalue weighted by Gasteiger charge is 2.27. The Morgan fingerprint density at radius 3 is 2.72 bits per heavy atom. The van der Waals surface area contributed by atoms with Gasteiger partial charge in [0.25, 0.3) is 5.91 Å². The molecule has 1 fully saturated rings. The summed E-state index contributed by atoms with van der Waals surface area (Å²) in [6, 6.07) is 9.50. The monoisotopic (exact) mass is 418 g/mol. The van der Waals surface area contributed by atoms with Gasteiger partial charge in [-0.3, -0.25) is 4.79 Å². The maximum Gasteiger partial charge on any atom is 0.263 e. The molecule has 2 unspecified atom stereocenters. The number of halogens is 3. The van der Waals surface area contributed by atoms with Crippen LogP contribution in [0, 0.1) is 5.92 Å². The molecule has 2 atom stereocenters. The van der Waals surface area contributed by atoms with E-state index < -0.39 is 0 Å². The summed E-state index contributed by atoms with van der Waals surface area (Å²) >= 11 is 13.5. The molecule has 25 heavy (non-hydrogen) atoms. The number of carbonyl (C=O) groups is 1. The van der Waals surface area contributed by atoms with E-state index in [2.05, 4.69) is 0 Å². The number of amides is 1. The SMILES string of the molecule is CC(N)C1CCCN(C(=O)c2ccc(-c3ccc(Cl)c(Cl)c3)s2)C1.Cl. The topological polar surface area (TPSA) is 46.3 Å². The van der Waals surface area contributed by atoms with Gasteiger partial charge in [-0.1, -0.05) is 29.3 Å². The van der Waals surface area contributed by atoms with E-state index in [0.29, 0.717) is 16.0 Å². The van der Waals surface area contributed by atoms with Gasteiger partial charge >= 0.3 is 0 Å². The van der Waals surface area contributed by atoms with Crippen LogP contribution in [-0.2, 0) is 0 Å². The van der Waals surface area contributed by atoms with Crippen molar-refractivity contribution in [3.05, 3.63) is 45.3 Å². The lowest BCUT2D eigenvalue weighted by atomic mass is 9.92. The third kappa shape index (κ3) is 4.69. The summed E-state index contributed by atoms with van der Waals surface area (Å²) in [4.78, 5) is 16.5. The zero-order chi connectivity index (χ0) is 17.3. The van der Waals surface area contributed by atoms with Crippen molar-refractivity contribution in [2.24, 2.45) is 11.7 Å². The Kier molecular flexibility index (Phi) is 7.18. The first-order valence-electron chi connectivity index (χ1n) is 8.06. The third-order valence-corrected chi connectivity index (χ3v) is 6.37. The van der Waals surface area contributed by atoms with E-state index in [-0.39, 0.29) is 24.4 Å². The van der Waals surface area contributed by atoms with Crippen LogP contribution in [0.3, 0.4) is 0 Å². The normalized spacial score (nSPS) is 18.6. The summed E-state index contributed by atoms with van der Waals surface area (Å²) in [5.74, 6) is 0.480. The Morgan fingerprint density at radius 1 is 1.28 bits per heavy atom. The standard InChI is InChI=1S/C18H20Cl2N2OS.ClH/c1-11(21)13-3-2-8-22(10-13)18(23)17-7-6-16(24-17)12-4-5-14(19)15(20)9-12;/h4-7,9,11,13H,2-3,8,10,21H2,1H3;1H. The second kappa shape index (κ2) is 8.74. The molecule has 0 radical (unpaired) electrons. The first kappa shape index (κ1) is 20.5. The van der Waals surface area contributed by atoms with Gasteiger partial charge in [0.2, 0.25) is 0 Å². The van der Waals surface area contributed by atoms with E-state index >= 15 is 0 Å². The smallest absolute Gasteiger partial charge is 0.263 e. The molecule has 2 N–H and O–H groups in total. The highest BCUT2D eigenvalue weighted by atomic mass is 35.5. The van der Waals surface area contributed by atoms with Crippen molar-refractivity contribution in [3.63, 3.8) is 0 Å². The first-order chi connectivity index (χ1) is 11.5. The fourth-order valence-electron chi connectivity index (χ4n) is 3.04. The Hall–Kier alpha value is -0.780. The molecule has 0 bridgehead atoms. The van der Waals surface area contributed by atoms with Gasteiger partial charge in [-0.15, -0.1) is 23.7 Å². The third-order valence-electron chi connectivity index (χ3n) is 4.51. The summed E-state index contributed by atoms with van der Waals surface area (Å²) < 4.78 is 0. The molecule has 1 aromatic heterocycles. The van der Waals surface area contributed by atoms with Gasteiger partial charge in [0.15, 0.2) is 0 Å². The second-order valence-corrected chi connectivity index (χ2v) is 8.20. The van der Waals surface area contributed by atoms with Crippen LogP contribution in [0.4, 0.5) is 0 Å². The number of thiophene rings is 1. The van der Waals surface area contributed by atoms with Crippen LogP contribution in [0.2, 0.25) is 10.0 Å². The Balaban J connectivity index is 0.00000225. The average molecular weight is 420 g/mol. The molecule has 2 heterocycles. The van der Waals surface area contributed by atoms with E-state index in [1.165, 1.54) is 11.3 Å². The molecule has 136 valence electrons. The number of piperidine rings is 1. The maximum atomic E-state index is 12.8. The quantitative estimate of drug-likeness (QED) is 0.729. The van der Waals surface area contributed by atoms with Crippen molar-refractivity contribution in [1.82, 2.24) is 4.90 Å². The number of hydrogen-bond donors (Lipinski definition) is 1. The lowest BCUT2D eigenvalue weighted by Crippen LogP contribution is -2.44. The average Bonchev–Trinajstić information content (AvgIpc) is 3.06. The Bertz CT molecular complexity index is 748. The van der Waals surface area contributed by atoms with E-state index in [9.17, 15) is 4.79 Å². The first-order valence-corrected chi connectivity index (χ1v) is 9.63. The summed E-state index contributed by atoms with van der Waals surface area (Å²) in [6.07, 6.45) is 2.11. The van der Waals surface area contributed by atoms with Crippen LogP contribution in [0.5, 0.6) is 0 Å². The molecule has 3 rings (SSSR count). The van der Waals surface area contributed by atoms with Crippen LogP contribution < -0.4 is 5.73 Å². The molecule has 0 saturated carbocycles. The van der Waals surface area contributed by atoms with Crippen LogP contribution in [0.1, 0.15) is 29.4 Å². The largest absolute Gasteiger partial charge is 0.338 e. The zero-order valence-electron chi connectivity index (χ0n) is 13.9. The predicted octanol–water partition coefficient (Wildman–Crippen LogP) is 5.34. The van der Waals surface area contributed by atoms with Crippen molar-refractivity contribution in [2.75, 3.05) is 13.1 Å². The van der Waals surface area contributed by atoms with Gasteiger partial charge in [-0.25, -0.2) is 0 Å². The van der Waals surface area contributed by atoms with Crippen molar-refractivity contribution < 1.29 is 4.79 Å². The number of benzene rings is 1. The molecule has 3 nitrogen and oxygen atoms in total. The number of rotatable bonds is 3. The molecule has 1 aliphatic heterocycles. The van der Waals surface area contributed by atoms with Gasteiger partial charge in [0, 0.05) is 24.0 Å². The van der Waals surface area contributed by atoms with E-state index in [1.54, 1.807) is 6.07 Å². The summed E-state index contributed by atoms with van der Waals surface area (Å²) in [7, 11) is 0. The molecule has 1 aromatic carbocycles. The molecule has 7 heteroatoms. The molecule has 0 spiro atoms. The van der Waals surface area contributed by atoms with Crippen molar-refractivity contribution in [1.29, 1.82) is 0 Å². The van der Waals surface area contributed by atoms with Crippen LogP contribution in [-0.4, -0.2) is 29.9 Å². The molecule has 0 aliphatic carbocycles. The van der Waals surface area contributed by atoms with E-state index in [4.69, 9.17) is 28.9 Å². The van der Waals surface area contributed by atoms with Crippen molar-refractivity contribution in [2.45, 2.75) is 25.8 Å². The highest BCUT2D eigenvalue weighted by Crippen LogP contribution is 2.33. The van der Waals surface area contributed by atoms with Crippen molar-refractivity contribution >= 4 is 52.9 Å². The molecular formula is C18H21Cl3N2OS. The van der Waals surface area contributed by atoms with Gasteiger partial charge in [0.05, 0.1) is 14.9 Å². The summed E-state index contributed by atoms with van der Waals surface area (Å²) in [6.45, 7) is 3.57. The molecule has 1 amide bonds. The second-order valence-electron chi connectivity index (χ2n) is 6.31. The molecule has 1 saturated heterocycles. The highest BCUT2D eigenvalue weighted by molar-refractivity contribution is 7.17. The maximum absolute atomic E-state index is 12.8. The summed E-state index contributed by atoms with van der Waals surface area (Å²) in [5, 5.41) is 1.05. The van der Waals surface area contributed by atoms with Gasteiger partial charge < -0.3 is 10.6 Å². The number of nitrogens with zero attached hydrogens (tertiary/aromatic N) is 1. The molecule has 1 aliphatic rings. The van der Waals surface area contributed by atoms with Gasteiger partial charge in [-0.05, 0) is 55.5 Å². The van der Waals surface area contributed by atoms with Crippen LogP contribution in [0.15, 0.2) is 30.3 Å². The molecular weight excluding hydrogens is 399 g/mol. The van der Waals surface area contributed by atoms with E-state index in [1.807, 2.05) is 36.1 Å². The number of hydrogen-bond acceptors (Lipinski definition) is 3. The van der Waals surface area contributed by atoms with E-state index in [0.717, 1.165) is 41.2 Å². The fraction of sp³-hybridized carbons (Fsp3) is 0.389.